The summed E-state index contributed by atoms with van der Waals surface area (Å²) < 4.78 is 30.3. The Hall–Kier alpha value is -2.93. The molecule has 0 unspecified atom stereocenters. The number of carbonyl (C=O) groups is 1. The molecule has 0 bridgehead atoms. The van der Waals surface area contributed by atoms with Gasteiger partial charge < -0.3 is 10.2 Å². The molecule has 3 aliphatic rings. The minimum absolute atomic E-state index is 0.0652. The van der Waals surface area contributed by atoms with Gasteiger partial charge in [-0.2, -0.15) is 8.42 Å². The maximum absolute atomic E-state index is 13.1. The summed E-state index contributed by atoms with van der Waals surface area (Å²) in [5, 5.41) is 3.30. The van der Waals surface area contributed by atoms with E-state index in [2.05, 4.69) is 32.8 Å². The Morgan fingerprint density at radius 2 is 1.77 bits per heavy atom. The molecule has 1 amide bonds. The molecule has 35 heavy (non-hydrogen) atoms. The van der Waals surface area contributed by atoms with Crippen molar-refractivity contribution in [3.05, 3.63) is 76.4 Å². The summed E-state index contributed by atoms with van der Waals surface area (Å²) >= 11 is 0. The average Bonchev–Trinajstić information content (AvgIpc) is 3.15. The zero-order valence-corrected chi connectivity index (χ0v) is 21.3. The fourth-order valence-electron chi connectivity index (χ4n) is 5.61. The van der Waals surface area contributed by atoms with Gasteiger partial charge in [-0.3, -0.25) is 4.79 Å². The molecule has 0 aromatic heterocycles. The van der Waals surface area contributed by atoms with Crippen LogP contribution in [0.15, 0.2) is 58.5 Å². The number of benzene rings is 2. The first kappa shape index (κ1) is 23.8. The molecule has 7 heteroatoms. The summed E-state index contributed by atoms with van der Waals surface area (Å²) in [7, 11) is -3.74. The number of hydrogen-bond acceptors (Lipinski definition) is 4. The maximum Gasteiger partial charge on any atom is 0.285 e. The monoisotopic (exact) mass is 491 g/mol. The Labute approximate surface area is 208 Å². The van der Waals surface area contributed by atoms with Gasteiger partial charge in [0.05, 0.1) is 6.04 Å². The third-order valence-electron chi connectivity index (χ3n) is 7.53. The number of hydrogen-bond donors (Lipinski definition) is 1. The molecule has 0 spiro atoms. The number of aryl methyl sites for hydroxylation is 2. The Balaban J connectivity index is 1.28. The van der Waals surface area contributed by atoms with Crippen molar-refractivity contribution in [3.63, 3.8) is 0 Å². The number of carbonyl (C=O) groups excluding carboxylic acids is 1. The number of likely N-dealkylation sites (tertiary alicyclic amines) is 1. The highest BCUT2D eigenvalue weighted by molar-refractivity contribution is 8.00. The lowest BCUT2D eigenvalue weighted by Gasteiger charge is -2.34. The van der Waals surface area contributed by atoms with Gasteiger partial charge in [0.15, 0.2) is 0 Å². The molecule has 1 atom stereocenters. The van der Waals surface area contributed by atoms with Gasteiger partial charge in [0.1, 0.15) is 10.7 Å². The number of piperidine rings is 1. The zero-order valence-electron chi connectivity index (χ0n) is 20.5. The van der Waals surface area contributed by atoms with Crippen LogP contribution in [0.25, 0.3) is 4.91 Å². The summed E-state index contributed by atoms with van der Waals surface area (Å²) in [6.07, 6.45) is 5.10. The SMILES string of the molecule is CCC1=C(c2ccc(C)cc2)S(=O)(=O)N=C1N1CCC(C(=O)N[C@@H]2CCCc3ccccc32)CC1. The number of sulfonamides is 1. The first-order chi connectivity index (χ1) is 16.9. The van der Waals surface area contributed by atoms with E-state index in [4.69, 9.17) is 0 Å². The molecule has 1 aliphatic carbocycles. The van der Waals surface area contributed by atoms with Crippen LogP contribution in [-0.2, 0) is 21.2 Å². The van der Waals surface area contributed by atoms with Crippen LogP contribution in [0.3, 0.4) is 0 Å². The highest BCUT2D eigenvalue weighted by atomic mass is 32.2. The van der Waals surface area contributed by atoms with E-state index in [-0.39, 0.29) is 17.9 Å². The van der Waals surface area contributed by atoms with Crippen LogP contribution in [-0.4, -0.2) is 38.2 Å². The Kier molecular flexibility index (Phi) is 6.53. The van der Waals surface area contributed by atoms with E-state index in [1.807, 2.05) is 44.2 Å². The second kappa shape index (κ2) is 9.61. The van der Waals surface area contributed by atoms with Crippen LogP contribution >= 0.6 is 0 Å². The van der Waals surface area contributed by atoms with Crippen molar-refractivity contribution in [1.29, 1.82) is 0 Å². The third-order valence-corrected chi connectivity index (χ3v) is 8.94. The van der Waals surface area contributed by atoms with Crippen LogP contribution in [0.5, 0.6) is 0 Å². The second-order valence-electron chi connectivity index (χ2n) is 9.83. The van der Waals surface area contributed by atoms with Gasteiger partial charge in [-0.05, 0) is 62.1 Å². The van der Waals surface area contributed by atoms with Gasteiger partial charge >= 0.3 is 0 Å². The molecule has 5 rings (SSSR count). The van der Waals surface area contributed by atoms with E-state index in [0.29, 0.717) is 48.7 Å². The zero-order chi connectivity index (χ0) is 24.6. The molecule has 2 aromatic rings. The lowest BCUT2D eigenvalue weighted by atomic mass is 9.87. The average molecular weight is 492 g/mol. The van der Waals surface area contributed by atoms with E-state index < -0.39 is 10.0 Å². The third kappa shape index (κ3) is 4.66. The van der Waals surface area contributed by atoms with Crippen molar-refractivity contribution in [1.82, 2.24) is 10.2 Å². The standard InChI is InChI=1S/C28H33N3O3S/c1-3-23-26(21-13-11-19(2)12-14-21)35(33,34)30-27(23)31-17-15-22(16-18-31)28(32)29-25-10-6-8-20-7-4-5-9-24(20)25/h4-5,7,9,11-14,22,25H,3,6,8,10,15-18H2,1-2H3,(H,29,32)/t25-/m1/s1. The van der Waals surface area contributed by atoms with Crippen molar-refractivity contribution in [2.45, 2.75) is 58.4 Å². The summed E-state index contributed by atoms with van der Waals surface area (Å²) in [6.45, 7) is 5.20. The normalized spacial score (nSPS) is 22.1. The lowest BCUT2D eigenvalue weighted by Crippen LogP contribution is -2.44. The van der Waals surface area contributed by atoms with Gasteiger partial charge in [-0.1, -0.05) is 61.0 Å². The predicted octanol–water partition coefficient (Wildman–Crippen LogP) is 4.76. The van der Waals surface area contributed by atoms with Crippen LogP contribution in [0.4, 0.5) is 0 Å². The van der Waals surface area contributed by atoms with Crippen LogP contribution in [0, 0.1) is 12.8 Å². The minimum Gasteiger partial charge on any atom is -0.356 e. The first-order valence-corrected chi connectivity index (χ1v) is 14.1. The van der Waals surface area contributed by atoms with E-state index in [1.54, 1.807) is 0 Å². The molecule has 1 fully saturated rings. The van der Waals surface area contributed by atoms with E-state index in [0.717, 1.165) is 30.4 Å². The van der Waals surface area contributed by atoms with Crippen molar-refractivity contribution >= 4 is 26.7 Å². The molecule has 2 aliphatic heterocycles. The lowest BCUT2D eigenvalue weighted by molar-refractivity contribution is -0.127. The van der Waals surface area contributed by atoms with Gasteiger partial charge in [-0.15, -0.1) is 4.40 Å². The molecule has 184 valence electrons. The number of nitrogens with zero attached hydrogens (tertiary/aromatic N) is 2. The van der Waals surface area contributed by atoms with Gasteiger partial charge in [0.25, 0.3) is 10.0 Å². The largest absolute Gasteiger partial charge is 0.356 e. The summed E-state index contributed by atoms with van der Waals surface area (Å²) in [5.41, 5.74) is 5.13. The van der Waals surface area contributed by atoms with Gasteiger partial charge in [0, 0.05) is 24.6 Å². The Morgan fingerprint density at radius 3 is 2.49 bits per heavy atom. The summed E-state index contributed by atoms with van der Waals surface area (Å²) in [4.78, 5) is 15.5. The highest BCUT2D eigenvalue weighted by Gasteiger charge is 2.37. The quantitative estimate of drug-likeness (QED) is 0.669. The van der Waals surface area contributed by atoms with Crippen molar-refractivity contribution in [2.24, 2.45) is 10.3 Å². The number of nitrogens with one attached hydrogen (secondary N) is 1. The molecular formula is C28H33N3O3S. The predicted molar refractivity (Wildman–Crippen MR) is 139 cm³/mol. The van der Waals surface area contributed by atoms with Crippen molar-refractivity contribution < 1.29 is 13.2 Å². The fraction of sp³-hybridized carbons (Fsp3) is 0.429. The molecule has 2 aromatic carbocycles. The van der Waals surface area contributed by atoms with Crippen molar-refractivity contribution in [2.75, 3.05) is 13.1 Å². The summed E-state index contributed by atoms with van der Waals surface area (Å²) in [6, 6.07) is 16.1. The molecule has 0 saturated carbocycles. The van der Waals surface area contributed by atoms with Crippen molar-refractivity contribution in [3.8, 4) is 0 Å². The topological polar surface area (TPSA) is 78.8 Å². The Morgan fingerprint density at radius 1 is 1.06 bits per heavy atom. The maximum atomic E-state index is 13.1. The molecule has 1 N–H and O–H groups in total. The molecule has 6 nitrogen and oxygen atoms in total. The Bertz CT molecular complexity index is 1290. The van der Waals surface area contributed by atoms with E-state index in [1.165, 1.54) is 11.1 Å². The highest BCUT2D eigenvalue weighted by Crippen LogP contribution is 2.37. The molecular weight excluding hydrogens is 458 g/mol. The molecule has 2 heterocycles. The van der Waals surface area contributed by atoms with Crippen LogP contribution < -0.4 is 5.32 Å². The first-order valence-electron chi connectivity index (χ1n) is 12.7. The van der Waals surface area contributed by atoms with E-state index in [9.17, 15) is 13.2 Å². The summed E-state index contributed by atoms with van der Waals surface area (Å²) in [5.74, 6) is 0.603. The van der Waals surface area contributed by atoms with E-state index >= 15 is 0 Å². The van der Waals surface area contributed by atoms with Crippen LogP contribution in [0.2, 0.25) is 0 Å². The number of amidine groups is 1. The minimum atomic E-state index is -3.74. The molecule has 1 saturated heterocycles. The van der Waals surface area contributed by atoms with Gasteiger partial charge in [0.2, 0.25) is 5.91 Å². The fourth-order valence-corrected chi connectivity index (χ4v) is 7.14. The van der Waals surface area contributed by atoms with Crippen LogP contribution in [0.1, 0.15) is 67.3 Å². The smallest absolute Gasteiger partial charge is 0.285 e. The molecule has 0 radical (unpaired) electrons. The van der Waals surface area contributed by atoms with Gasteiger partial charge in [-0.25, -0.2) is 0 Å². The number of rotatable bonds is 4. The second-order valence-corrected chi connectivity index (χ2v) is 11.4. The number of fused-ring (bicyclic) bond motifs is 1. The number of amides is 1.